The van der Waals surface area contributed by atoms with Crippen LogP contribution in [0, 0.1) is 17.3 Å². The fraction of sp³-hybridized carbons (Fsp3) is 0.150. The number of rotatable bonds is 5. The molecule has 1 N–H and O–H groups in total. The summed E-state index contributed by atoms with van der Waals surface area (Å²) in [5.74, 6) is -0.0186. The highest BCUT2D eigenvalue weighted by atomic mass is 16.5. The highest BCUT2D eigenvalue weighted by Crippen LogP contribution is 2.26. The fourth-order valence-corrected chi connectivity index (χ4v) is 2.84. The molecular formula is C20H18N2O6. The molecule has 0 fully saturated rings. The minimum Gasteiger partial charge on any atom is -0.618 e. The quantitative estimate of drug-likeness (QED) is 0.313. The van der Waals surface area contributed by atoms with Crippen LogP contribution in [0.15, 0.2) is 42.5 Å². The van der Waals surface area contributed by atoms with E-state index in [-0.39, 0.29) is 33.9 Å². The molecule has 0 spiro atoms. The predicted octanol–water partition coefficient (Wildman–Crippen LogP) is 2.03. The second-order valence-corrected chi connectivity index (χ2v) is 6.01. The Morgan fingerprint density at radius 2 is 1.79 bits per heavy atom. The number of methoxy groups -OCH3 is 2. The van der Waals surface area contributed by atoms with Gasteiger partial charge in [0.25, 0.3) is 22.5 Å². The number of fused-ring (bicyclic) bond motifs is 1. The van der Waals surface area contributed by atoms with Gasteiger partial charge in [0.05, 0.1) is 20.3 Å². The summed E-state index contributed by atoms with van der Waals surface area (Å²) in [4.78, 5) is 12.7. The number of hydrogen-bond donors (Lipinski definition) is 1. The van der Waals surface area contributed by atoms with Crippen LogP contribution >= 0.6 is 0 Å². The van der Waals surface area contributed by atoms with E-state index in [2.05, 4.69) is 0 Å². The average molecular weight is 382 g/mol. The lowest BCUT2D eigenvalue weighted by Gasteiger charge is -2.10. The summed E-state index contributed by atoms with van der Waals surface area (Å²) < 4.78 is 11.1. The number of nitrogens with zero attached hydrogens (tertiary/aromatic N) is 2. The topological polar surface area (TPSA) is 110 Å². The molecule has 0 atom stereocenters. The zero-order valence-electron chi connectivity index (χ0n) is 15.5. The normalized spacial score (nSPS) is 11.1. The summed E-state index contributed by atoms with van der Waals surface area (Å²) >= 11 is 0. The number of phenolic OH excluding ortho intramolecular Hbond substituents is 1. The lowest BCUT2D eigenvalue weighted by Crippen LogP contribution is -2.46. The van der Waals surface area contributed by atoms with Crippen molar-refractivity contribution in [2.24, 2.45) is 0 Å². The molecule has 8 nitrogen and oxygen atoms in total. The Bertz CT molecular complexity index is 1110. The summed E-state index contributed by atoms with van der Waals surface area (Å²) in [6, 6.07) is 8.98. The number of aromatic nitrogens is 2. The minimum atomic E-state index is -0.631. The van der Waals surface area contributed by atoms with E-state index < -0.39 is 5.78 Å². The highest BCUT2D eigenvalue weighted by molar-refractivity contribution is 6.05. The van der Waals surface area contributed by atoms with Gasteiger partial charge in [-0.15, -0.1) is 0 Å². The first kappa shape index (κ1) is 19.0. The van der Waals surface area contributed by atoms with Crippen LogP contribution in [0.3, 0.4) is 0 Å². The molecule has 1 heterocycles. The maximum absolute atomic E-state index is 12.8. The first-order chi connectivity index (χ1) is 13.4. The summed E-state index contributed by atoms with van der Waals surface area (Å²) in [6.07, 6.45) is 2.66. The van der Waals surface area contributed by atoms with Crippen molar-refractivity contribution >= 4 is 22.9 Å². The maximum Gasteiger partial charge on any atom is 0.333 e. The first-order valence-corrected chi connectivity index (χ1v) is 8.30. The van der Waals surface area contributed by atoms with Gasteiger partial charge in [-0.25, -0.2) is 0 Å². The van der Waals surface area contributed by atoms with E-state index in [9.17, 15) is 20.3 Å². The third-order valence-corrected chi connectivity index (χ3v) is 4.33. The van der Waals surface area contributed by atoms with Crippen molar-refractivity contribution < 1.29 is 28.8 Å². The number of phenols is 1. The van der Waals surface area contributed by atoms with Gasteiger partial charge in [0.15, 0.2) is 11.5 Å². The standard InChI is InChI=1S/C20H18N2O6/c1-12-20(18(24)9-5-13-4-8-17(23)19(10-13)28-3)22(26)16-11-14(27-2)6-7-15(16)21(12)25/h4-11,23H,1-3H3/b9-5+. The average Bonchev–Trinajstić information content (AvgIpc) is 2.71. The summed E-state index contributed by atoms with van der Waals surface area (Å²) in [7, 11) is 2.85. The van der Waals surface area contributed by atoms with E-state index in [1.807, 2.05) is 0 Å². The number of ketones is 1. The number of benzene rings is 2. The number of allylic oxidation sites excluding steroid dienone is 1. The van der Waals surface area contributed by atoms with E-state index in [0.29, 0.717) is 20.8 Å². The molecular weight excluding hydrogens is 364 g/mol. The molecule has 28 heavy (non-hydrogen) atoms. The van der Waals surface area contributed by atoms with Crippen LogP contribution < -0.4 is 18.9 Å². The Kier molecular flexibility index (Phi) is 5.04. The largest absolute Gasteiger partial charge is 0.618 e. The zero-order chi connectivity index (χ0) is 20.4. The van der Waals surface area contributed by atoms with Gasteiger partial charge in [-0.1, -0.05) is 12.1 Å². The van der Waals surface area contributed by atoms with E-state index in [1.165, 1.54) is 57.6 Å². The summed E-state index contributed by atoms with van der Waals surface area (Å²) in [5, 5.41) is 34.9. The van der Waals surface area contributed by atoms with Crippen molar-refractivity contribution in [1.29, 1.82) is 0 Å². The molecule has 0 saturated heterocycles. The van der Waals surface area contributed by atoms with Crippen LogP contribution in [0.1, 0.15) is 21.7 Å². The van der Waals surface area contributed by atoms with Crippen molar-refractivity contribution in [2.75, 3.05) is 14.2 Å². The Morgan fingerprint density at radius 3 is 2.46 bits per heavy atom. The van der Waals surface area contributed by atoms with Crippen molar-refractivity contribution in [1.82, 2.24) is 0 Å². The fourth-order valence-electron chi connectivity index (χ4n) is 2.84. The van der Waals surface area contributed by atoms with Gasteiger partial charge in [0.1, 0.15) is 5.75 Å². The number of carbonyl (C=O) groups excluding carboxylic acids is 1. The Labute approximate surface area is 160 Å². The van der Waals surface area contributed by atoms with Gasteiger partial charge in [-0.3, -0.25) is 4.79 Å². The van der Waals surface area contributed by atoms with Crippen molar-refractivity contribution in [2.45, 2.75) is 6.92 Å². The maximum atomic E-state index is 12.8. The van der Waals surface area contributed by atoms with Gasteiger partial charge >= 0.3 is 5.69 Å². The molecule has 8 heteroatoms. The van der Waals surface area contributed by atoms with Crippen LogP contribution in [0.2, 0.25) is 0 Å². The molecule has 0 bridgehead atoms. The van der Waals surface area contributed by atoms with Gasteiger partial charge < -0.3 is 25.0 Å². The molecule has 0 radical (unpaired) electrons. The van der Waals surface area contributed by atoms with Crippen LogP contribution in [0.5, 0.6) is 17.2 Å². The van der Waals surface area contributed by atoms with Gasteiger partial charge in [0.2, 0.25) is 0 Å². The smallest absolute Gasteiger partial charge is 0.333 e. The second-order valence-electron chi connectivity index (χ2n) is 6.01. The lowest BCUT2D eigenvalue weighted by molar-refractivity contribution is -0.635. The third-order valence-electron chi connectivity index (χ3n) is 4.33. The SMILES string of the molecule is COc1ccc2c(c1)[n+]([O-])c(C(=O)/C=C/c1ccc(O)c(OC)c1)c(C)[n+]2[O-]. The van der Waals surface area contributed by atoms with E-state index in [4.69, 9.17) is 9.47 Å². The van der Waals surface area contributed by atoms with Crippen LogP contribution in [0.25, 0.3) is 17.1 Å². The molecule has 1 aromatic heterocycles. The third kappa shape index (κ3) is 3.27. The molecule has 144 valence electrons. The Morgan fingerprint density at radius 1 is 1.04 bits per heavy atom. The minimum absolute atomic E-state index is 0.00870. The molecule has 3 rings (SSSR count). The molecule has 0 aliphatic carbocycles. The molecule has 2 aromatic carbocycles. The molecule has 0 saturated carbocycles. The lowest BCUT2D eigenvalue weighted by atomic mass is 10.1. The molecule has 0 unspecified atom stereocenters. The molecule has 0 aliphatic heterocycles. The summed E-state index contributed by atoms with van der Waals surface area (Å²) in [5.41, 5.74) is 0.457. The number of ether oxygens (including phenoxy) is 2. The van der Waals surface area contributed by atoms with Crippen molar-refractivity contribution in [3.63, 3.8) is 0 Å². The van der Waals surface area contributed by atoms with Crippen molar-refractivity contribution in [3.8, 4) is 17.2 Å². The summed E-state index contributed by atoms with van der Waals surface area (Å²) in [6.45, 7) is 1.41. The molecule has 0 amide bonds. The van der Waals surface area contributed by atoms with Gasteiger partial charge in [0, 0.05) is 13.0 Å². The Balaban J connectivity index is 2.06. The highest BCUT2D eigenvalue weighted by Gasteiger charge is 2.29. The first-order valence-electron chi connectivity index (χ1n) is 8.30. The van der Waals surface area contributed by atoms with Crippen LogP contribution in [0.4, 0.5) is 0 Å². The van der Waals surface area contributed by atoms with Gasteiger partial charge in [-0.05, 0) is 29.8 Å². The van der Waals surface area contributed by atoms with Crippen LogP contribution in [-0.4, -0.2) is 25.1 Å². The Hall–Kier alpha value is -3.81. The number of hydrogen-bond acceptors (Lipinski definition) is 6. The predicted molar refractivity (Wildman–Crippen MR) is 101 cm³/mol. The number of carbonyl (C=O) groups is 1. The number of aromatic hydroxyl groups is 1. The molecule has 3 aromatic rings. The molecule has 0 aliphatic rings. The van der Waals surface area contributed by atoms with E-state index in [0.717, 1.165) is 0 Å². The van der Waals surface area contributed by atoms with E-state index in [1.54, 1.807) is 12.1 Å². The zero-order valence-corrected chi connectivity index (χ0v) is 15.5. The second kappa shape index (κ2) is 7.43. The van der Waals surface area contributed by atoms with E-state index >= 15 is 0 Å². The monoisotopic (exact) mass is 382 g/mol. The van der Waals surface area contributed by atoms with Crippen LogP contribution in [-0.2, 0) is 0 Å². The van der Waals surface area contributed by atoms with Crippen molar-refractivity contribution in [3.05, 3.63) is 69.8 Å². The van der Waals surface area contributed by atoms with Gasteiger partial charge in [-0.2, -0.15) is 9.46 Å².